The highest BCUT2D eigenvalue weighted by molar-refractivity contribution is 5.48. The Morgan fingerprint density at radius 2 is 2.04 bits per heavy atom. The van der Waals surface area contributed by atoms with Crippen LogP contribution in [0, 0.1) is 0 Å². The highest BCUT2D eigenvalue weighted by Gasteiger charge is 2.22. The first-order valence-electron chi connectivity index (χ1n) is 9.19. The maximum Gasteiger partial charge on any atom is 0.120 e. The van der Waals surface area contributed by atoms with Gasteiger partial charge in [-0.1, -0.05) is 6.07 Å². The average molecular weight is 333 g/mol. The lowest BCUT2D eigenvalue weighted by atomic mass is 10.0. The topological polar surface area (TPSA) is 37.0 Å². The third kappa shape index (κ3) is 4.85. The lowest BCUT2D eigenvalue weighted by Gasteiger charge is -2.37. The van der Waals surface area contributed by atoms with E-state index in [1.54, 1.807) is 7.11 Å². The summed E-state index contributed by atoms with van der Waals surface area (Å²) in [6.07, 6.45) is 2.41. The number of rotatable bonds is 6. The second-order valence-electron chi connectivity index (χ2n) is 6.95. The molecule has 1 atom stereocenters. The zero-order valence-electron chi connectivity index (χ0n) is 15.0. The first-order chi connectivity index (χ1) is 11.7. The van der Waals surface area contributed by atoms with Gasteiger partial charge in [0.25, 0.3) is 0 Å². The molecular weight excluding hydrogens is 302 g/mol. The van der Waals surface area contributed by atoms with Crippen molar-refractivity contribution in [1.29, 1.82) is 0 Å². The maximum absolute atomic E-state index is 5.52. The highest BCUT2D eigenvalue weighted by Crippen LogP contribution is 2.21. The number of hydrogen-bond acceptors (Lipinski definition) is 5. The lowest BCUT2D eigenvalue weighted by molar-refractivity contribution is -0.00476. The summed E-state index contributed by atoms with van der Waals surface area (Å²) in [6.45, 7) is 9.82. The van der Waals surface area contributed by atoms with Gasteiger partial charge in [0, 0.05) is 56.6 Å². The Balaban J connectivity index is 1.39. The van der Waals surface area contributed by atoms with Crippen molar-refractivity contribution < 1.29 is 9.47 Å². The van der Waals surface area contributed by atoms with Gasteiger partial charge in [0.1, 0.15) is 5.75 Å². The zero-order chi connectivity index (χ0) is 16.8. The monoisotopic (exact) mass is 333 g/mol. The van der Waals surface area contributed by atoms with Gasteiger partial charge < -0.3 is 19.7 Å². The van der Waals surface area contributed by atoms with E-state index in [-0.39, 0.29) is 0 Å². The number of morpholine rings is 1. The van der Waals surface area contributed by atoms with Crippen LogP contribution in [0.25, 0.3) is 0 Å². The van der Waals surface area contributed by atoms with Crippen LogP contribution in [-0.2, 0) is 4.74 Å². The molecule has 0 amide bonds. The molecule has 0 spiro atoms. The second kappa shape index (κ2) is 8.70. The molecular formula is C19H31N3O2. The van der Waals surface area contributed by atoms with Gasteiger partial charge in [0.15, 0.2) is 0 Å². The normalized spacial score (nSPS) is 24.0. The molecule has 3 rings (SSSR count). The summed E-state index contributed by atoms with van der Waals surface area (Å²) in [5.74, 6) is 0.914. The van der Waals surface area contributed by atoms with Crippen molar-refractivity contribution in [1.82, 2.24) is 9.80 Å². The lowest BCUT2D eigenvalue weighted by Crippen LogP contribution is -2.48. The van der Waals surface area contributed by atoms with Crippen LogP contribution in [0.1, 0.15) is 19.8 Å². The molecule has 2 saturated heterocycles. The Morgan fingerprint density at radius 1 is 1.21 bits per heavy atom. The second-order valence-corrected chi connectivity index (χ2v) is 6.95. The molecule has 0 bridgehead atoms. The van der Waals surface area contributed by atoms with Crippen LogP contribution in [0.3, 0.4) is 0 Å². The van der Waals surface area contributed by atoms with Gasteiger partial charge in [0.2, 0.25) is 0 Å². The fourth-order valence-electron chi connectivity index (χ4n) is 3.61. The fourth-order valence-corrected chi connectivity index (χ4v) is 3.61. The van der Waals surface area contributed by atoms with Crippen molar-refractivity contribution in [3.63, 3.8) is 0 Å². The van der Waals surface area contributed by atoms with Gasteiger partial charge in [-0.2, -0.15) is 0 Å². The Labute approximate surface area is 145 Å². The predicted octanol–water partition coefficient (Wildman–Crippen LogP) is 2.29. The van der Waals surface area contributed by atoms with Crippen LogP contribution in [0.4, 0.5) is 5.69 Å². The predicted molar refractivity (Wildman–Crippen MR) is 97.9 cm³/mol. The van der Waals surface area contributed by atoms with Crippen molar-refractivity contribution in [3.05, 3.63) is 24.3 Å². The van der Waals surface area contributed by atoms with Crippen LogP contribution in [-0.4, -0.2) is 74.9 Å². The maximum atomic E-state index is 5.52. The highest BCUT2D eigenvalue weighted by atomic mass is 16.5. The van der Waals surface area contributed by atoms with Crippen LogP contribution in [0.5, 0.6) is 5.75 Å². The average Bonchev–Trinajstić information content (AvgIpc) is 2.62. The summed E-state index contributed by atoms with van der Waals surface area (Å²) in [7, 11) is 1.72. The van der Waals surface area contributed by atoms with Crippen LogP contribution >= 0.6 is 0 Å². The van der Waals surface area contributed by atoms with Crippen LogP contribution < -0.4 is 10.1 Å². The molecule has 5 heteroatoms. The molecule has 0 aliphatic carbocycles. The molecule has 1 unspecified atom stereocenters. The molecule has 5 nitrogen and oxygen atoms in total. The molecule has 2 heterocycles. The molecule has 0 saturated carbocycles. The van der Waals surface area contributed by atoms with Gasteiger partial charge >= 0.3 is 0 Å². The van der Waals surface area contributed by atoms with Gasteiger partial charge in [-0.25, -0.2) is 0 Å². The third-order valence-corrected chi connectivity index (χ3v) is 5.24. The Kier molecular flexibility index (Phi) is 6.35. The van der Waals surface area contributed by atoms with E-state index in [1.807, 2.05) is 12.1 Å². The number of likely N-dealkylation sites (tertiary alicyclic amines) is 1. The molecule has 0 radical (unpaired) electrons. The summed E-state index contributed by atoms with van der Waals surface area (Å²) in [4.78, 5) is 5.16. The number of nitrogens with zero attached hydrogens (tertiary/aromatic N) is 2. The van der Waals surface area contributed by atoms with Gasteiger partial charge in [-0.15, -0.1) is 0 Å². The molecule has 0 aromatic heterocycles. The summed E-state index contributed by atoms with van der Waals surface area (Å²) >= 11 is 0. The van der Waals surface area contributed by atoms with E-state index in [0.717, 1.165) is 31.2 Å². The number of nitrogens with one attached hydrogen (secondary N) is 1. The molecule has 1 N–H and O–H groups in total. The van der Waals surface area contributed by atoms with Gasteiger partial charge in [-0.05, 0) is 31.9 Å². The number of benzene rings is 1. The van der Waals surface area contributed by atoms with Gasteiger partial charge in [-0.3, -0.25) is 4.90 Å². The quantitative estimate of drug-likeness (QED) is 0.864. The number of ether oxygens (including phenoxy) is 2. The summed E-state index contributed by atoms with van der Waals surface area (Å²) in [5.41, 5.74) is 1.16. The SMILES string of the molecule is COc1cccc(NC2CCN(CCN3CCOCC3C)CC2)c1. The minimum Gasteiger partial charge on any atom is -0.497 e. The van der Waals surface area contributed by atoms with E-state index in [0.29, 0.717) is 12.1 Å². The molecule has 2 aliphatic rings. The summed E-state index contributed by atoms with van der Waals surface area (Å²) < 4.78 is 10.8. The van der Waals surface area contributed by atoms with Crippen molar-refractivity contribution in [2.45, 2.75) is 31.8 Å². The molecule has 1 aromatic rings. The van der Waals surface area contributed by atoms with Crippen molar-refractivity contribution in [2.75, 3.05) is 58.4 Å². The minimum atomic E-state index is 0.561. The number of hydrogen-bond donors (Lipinski definition) is 1. The molecule has 2 fully saturated rings. The number of methoxy groups -OCH3 is 1. The molecule has 2 aliphatic heterocycles. The van der Waals surface area contributed by atoms with Crippen LogP contribution in [0.15, 0.2) is 24.3 Å². The van der Waals surface area contributed by atoms with E-state index >= 15 is 0 Å². The first-order valence-corrected chi connectivity index (χ1v) is 9.19. The molecule has 1 aromatic carbocycles. The van der Waals surface area contributed by atoms with Crippen molar-refractivity contribution >= 4 is 5.69 Å². The molecule has 24 heavy (non-hydrogen) atoms. The summed E-state index contributed by atoms with van der Waals surface area (Å²) in [5, 5.41) is 3.66. The number of piperidine rings is 1. The van der Waals surface area contributed by atoms with E-state index in [2.05, 4.69) is 34.2 Å². The molecule has 134 valence electrons. The van der Waals surface area contributed by atoms with E-state index in [4.69, 9.17) is 9.47 Å². The first kappa shape index (κ1) is 17.5. The largest absolute Gasteiger partial charge is 0.497 e. The minimum absolute atomic E-state index is 0.561. The van der Waals surface area contributed by atoms with Crippen molar-refractivity contribution in [2.24, 2.45) is 0 Å². The Morgan fingerprint density at radius 3 is 2.79 bits per heavy atom. The van der Waals surface area contributed by atoms with Gasteiger partial charge in [0.05, 0.1) is 20.3 Å². The van der Waals surface area contributed by atoms with E-state index < -0.39 is 0 Å². The van der Waals surface area contributed by atoms with Crippen molar-refractivity contribution in [3.8, 4) is 5.75 Å². The summed E-state index contributed by atoms with van der Waals surface area (Å²) in [6, 6.07) is 9.35. The third-order valence-electron chi connectivity index (χ3n) is 5.24. The Hall–Kier alpha value is -1.30. The number of anilines is 1. The van der Waals surface area contributed by atoms with E-state index in [9.17, 15) is 0 Å². The zero-order valence-corrected chi connectivity index (χ0v) is 15.0. The van der Waals surface area contributed by atoms with E-state index in [1.165, 1.54) is 39.0 Å². The smallest absolute Gasteiger partial charge is 0.120 e. The Bertz CT molecular complexity index is 503. The van der Waals surface area contributed by atoms with Crippen LogP contribution in [0.2, 0.25) is 0 Å². The fraction of sp³-hybridized carbons (Fsp3) is 0.684. The standard InChI is InChI=1S/C19H31N3O2/c1-16-15-24-13-12-22(16)11-10-21-8-6-17(7-9-21)20-18-4-3-5-19(14-18)23-2/h3-5,14,16-17,20H,6-13,15H2,1-2H3.